The molecule has 0 fully saturated rings. The Labute approximate surface area is 135 Å². The molecular weight excluding hydrogens is 284 g/mol. The summed E-state index contributed by atoms with van der Waals surface area (Å²) in [6, 6.07) is 16.0. The maximum absolute atomic E-state index is 12.6. The zero-order valence-electron chi connectivity index (χ0n) is 12.6. The summed E-state index contributed by atoms with van der Waals surface area (Å²) in [7, 11) is 0. The van der Waals surface area contributed by atoms with Gasteiger partial charge in [0.2, 0.25) is 0 Å². The molecule has 2 aromatic carbocycles. The van der Waals surface area contributed by atoms with Gasteiger partial charge in [-0.15, -0.1) is 0 Å². The first-order chi connectivity index (χ1) is 11.3. The first-order valence-corrected chi connectivity index (χ1v) is 7.53. The van der Waals surface area contributed by atoms with E-state index in [9.17, 15) is 9.59 Å². The van der Waals surface area contributed by atoms with Crippen LogP contribution in [0.1, 0.15) is 32.7 Å². The zero-order chi connectivity index (χ0) is 16.1. The molecule has 2 nitrogen and oxygen atoms in total. The number of benzene rings is 2. The molecule has 112 valence electrons. The standard InChI is InChI=1S/C21H16O2/c22-20(16-9-4-1-2-5-10-16)18-13-8-14-19(15-18)21(23)17-11-6-3-7-12-17/h1,3-15H,2H2. The molecule has 0 aliphatic heterocycles. The van der Waals surface area contributed by atoms with Gasteiger partial charge in [0, 0.05) is 22.3 Å². The lowest BCUT2D eigenvalue weighted by Gasteiger charge is -2.05. The van der Waals surface area contributed by atoms with Crippen LogP contribution in [0.4, 0.5) is 0 Å². The lowest BCUT2D eigenvalue weighted by atomic mass is 9.97. The van der Waals surface area contributed by atoms with Gasteiger partial charge in [-0.25, -0.2) is 0 Å². The molecule has 0 atom stereocenters. The largest absolute Gasteiger partial charge is 0.289 e. The van der Waals surface area contributed by atoms with Crippen molar-refractivity contribution in [2.24, 2.45) is 0 Å². The van der Waals surface area contributed by atoms with E-state index in [1.165, 1.54) is 0 Å². The van der Waals surface area contributed by atoms with Crippen LogP contribution in [-0.2, 0) is 0 Å². The van der Waals surface area contributed by atoms with Crippen molar-refractivity contribution >= 4 is 11.6 Å². The lowest BCUT2D eigenvalue weighted by Crippen LogP contribution is -2.06. The van der Waals surface area contributed by atoms with Crippen molar-refractivity contribution in [3.05, 3.63) is 107 Å². The van der Waals surface area contributed by atoms with Crippen LogP contribution in [0.15, 0.2) is 90.6 Å². The summed E-state index contributed by atoms with van der Waals surface area (Å²) in [4.78, 5) is 25.1. The minimum absolute atomic E-state index is 0.0736. The van der Waals surface area contributed by atoms with E-state index in [-0.39, 0.29) is 11.6 Å². The molecule has 1 aliphatic rings. The van der Waals surface area contributed by atoms with E-state index in [2.05, 4.69) is 0 Å². The molecule has 1 aliphatic carbocycles. The molecule has 0 N–H and O–H groups in total. The highest BCUT2D eigenvalue weighted by Gasteiger charge is 2.14. The molecule has 0 bridgehead atoms. The molecule has 3 rings (SSSR count). The van der Waals surface area contributed by atoms with Crippen LogP contribution in [-0.4, -0.2) is 11.6 Å². The highest BCUT2D eigenvalue weighted by Crippen LogP contribution is 2.16. The number of allylic oxidation sites excluding steroid dienone is 6. The Bertz CT molecular complexity index is 824. The predicted octanol–water partition coefficient (Wildman–Crippen LogP) is 4.54. The highest BCUT2D eigenvalue weighted by molar-refractivity contribution is 6.14. The highest BCUT2D eigenvalue weighted by atomic mass is 16.1. The smallest absolute Gasteiger partial charge is 0.193 e. The van der Waals surface area contributed by atoms with Crippen molar-refractivity contribution in [3.63, 3.8) is 0 Å². The normalized spacial score (nSPS) is 13.3. The van der Waals surface area contributed by atoms with E-state index < -0.39 is 0 Å². The number of carbonyl (C=O) groups excluding carboxylic acids is 2. The number of hydrogen-bond acceptors (Lipinski definition) is 2. The van der Waals surface area contributed by atoms with Gasteiger partial charge in [-0.05, 0) is 12.5 Å². The Hall–Kier alpha value is -3.00. The average Bonchev–Trinajstić information content (AvgIpc) is 2.91. The topological polar surface area (TPSA) is 34.1 Å². The minimum atomic E-state index is -0.0782. The fourth-order valence-corrected chi connectivity index (χ4v) is 2.46. The van der Waals surface area contributed by atoms with Gasteiger partial charge in [-0.2, -0.15) is 0 Å². The minimum Gasteiger partial charge on any atom is -0.289 e. The number of carbonyl (C=O) groups is 2. The molecule has 2 aromatic rings. The van der Waals surface area contributed by atoms with Gasteiger partial charge < -0.3 is 0 Å². The van der Waals surface area contributed by atoms with E-state index in [0.29, 0.717) is 22.3 Å². The van der Waals surface area contributed by atoms with Gasteiger partial charge >= 0.3 is 0 Å². The van der Waals surface area contributed by atoms with Gasteiger partial charge in [0.25, 0.3) is 0 Å². The van der Waals surface area contributed by atoms with Gasteiger partial charge in [0.05, 0.1) is 0 Å². The fraction of sp³-hybridized carbons (Fsp3) is 0.0476. The lowest BCUT2D eigenvalue weighted by molar-refractivity contribution is 0.103. The maximum atomic E-state index is 12.6. The van der Waals surface area contributed by atoms with Crippen LogP contribution < -0.4 is 0 Å². The summed E-state index contributed by atoms with van der Waals surface area (Å²) >= 11 is 0. The summed E-state index contributed by atoms with van der Waals surface area (Å²) in [5.74, 6) is -0.152. The van der Waals surface area contributed by atoms with Crippen molar-refractivity contribution in [2.75, 3.05) is 0 Å². The van der Waals surface area contributed by atoms with Gasteiger partial charge in [0.1, 0.15) is 0 Å². The molecule has 0 saturated heterocycles. The molecule has 2 heteroatoms. The summed E-state index contributed by atoms with van der Waals surface area (Å²) in [6.45, 7) is 0. The van der Waals surface area contributed by atoms with Crippen LogP contribution in [0.2, 0.25) is 0 Å². The average molecular weight is 300 g/mol. The Kier molecular flexibility index (Phi) is 4.44. The van der Waals surface area contributed by atoms with Gasteiger partial charge in [-0.1, -0.05) is 78.9 Å². The molecule has 0 aromatic heterocycles. The van der Waals surface area contributed by atoms with Crippen LogP contribution >= 0.6 is 0 Å². The summed E-state index contributed by atoms with van der Waals surface area (Å²) in [5, 5.41) is 0. The number of ketones is 2. The van der Waals surface area contributed by atoms with Gasteiger partial charge in [0.15, 0.2) is 11.6 Å². The van der Waals surface area contributed by atoms with E-state index in [1.807, 2.05) is 42.5 Å². The fourth-order valence-electron chi connectivity index (χ4n) is 2.46. The maximum Gasteiger partial charge on any atom is 0.193 e. The second-order valence-corrected chi connectivity index (χ2v) is 5.29. The third-order valence-corrected chi connectivity index (χ3v) is 3.67. The molecule has 0 amide bonds. The number of Topliss-reactive ketones (excluding diaryl/α,β-unsaturated/α-hetero) is 1. The Morgan fingerprint density at radius 1 is 0.739 bits per heavy atom. The molecule has 0 spiro atoms. The zero-order valence-corrected chi connectivity index (χ0v) is 12.6. The molecule has 0 saturated carbocycles. The van der Waals surface area contributed by atoms with Crippen LogP contribution in [0.3, 0.4) is 0 Å². The van der Waals surface area contributed by atoms with Crippen molar-refractivity contribution in [3.8, 4) is 0 Å². The summed E-state index contributed by atoms with van der Waals surface area (Å²) < 4.78 is 0. The quantitative estimate of drug-likeness (QED) is 0.777. The van der Waals surface area contributed by atoms with Crippen molar-refractivity contribution in [1.82, 2.24) is 0 Å². The van der Waals surface area contributed by atoms with Gasteiger partial charge in [-0.3, -0.25) is 9.59 Å². The second kappa shape index (κ2) is 6.84. The third-order valence-electron chi connectivity index (χ3n) is 3.67. The molecule has 0 heterocycles. The van der Waals surface area contributed by atoms with Crippen LogP contribution in [0.25, 0.3) is 0 Å². The van der Waals surface area contributed by atoms with Crippen molar-refractivity contribution in [1.29, 1.82) is 0 Å². The van der Waals surface area contributed by atoms with Crippen molar-refractivity contribution < 1.29 is 9.59 Å². The molecular formula is C21H16O2. The van der Waals surface area contributed by atoms with E-state index in [0.717, 1.165) is 6.42 Å². The number of hydrogen-bond donors (Lipinski definition) is 0. The van der Waals surface area contributed by atoms with E-state index in [4.69, 9.17) is 0 Å². The van der Waals surface area contributed by atoms with Crippen LogP contribution in [0.5, 0.6) is 0 Å². The first-order valence-electron chi connectivity index (χ1n) is 7.53. The van der Waals surface area contributed by atoms with E-state index >= 15 is 0 Å². The van der Waals surface area contributed by atoms with Crippen LogP contribution in [0, 0.1) is 0 Å². The second-order valence-electron chi connectivity index (χ2n) is 5.29. The predicted molar refractivity (Wildman–Crippen MR) is 91.6 cm³/mol. The Balaban J connectivity index is 1.91. The van der Waals surface area contributed by atoms with E-state index in [1.54, 1.807) is 42.5 Å². The Morgan fingerprint density at radius 2 is 1.43 bits per heavy atom. The number of rotatable bonds is 4. The monoisotopic (exact) mass is 300 g/mol. The summed E-state index contributed by atoms with van der Waals surface area (Å²) in [5.41, 5.74) is 2.30. The Morgan fingerprint density at radius 3 is 2.22 bits per heavy atom. The molecule has 0 radical (unpaired) electrons. The SMILES string of the molecule is O=C(C1=CC=CCC=C1)c1cccc(C(=O)c2ccccc2)c1. The molecule has 23 heavy (non-hydrogen) atoms. The third kappa shape index (κ3) is 3.43. The van der Waals surface area contributed by atoms with Crippen molar-refractivity contribution in [2.45, 2.75) is 6.42 Å². The molecule has 0 unspecified atom stereocenters. The first kappa shape index (κ1) is 14.9. The summed E-state index contributed by atoms with van der Waals surface area (Å²) in [6.07, 6.45) is 10.3.